The summed E-state index contributed by atoms with van der Waals surface area (Å²) in [4.78, 5) is 0. The van der Waals surface area contributed by atoms with Crippen molar-refractivity contribution in [2.75, 3.05) is 6.54 Å². The Balaban J connectivity index is 2.49. The minimum absolute atomic E-state index is 0.0410. The lowest BCUT2D eigenvalue weighted by Gasteiger charge is -2.23. The Labute approximate surface area is 127 Å². The summed E-state index contributed by atoms with van der Waals surface area (Å²) in [5, 5.41) is 3.56. The Kier molecular flexibility index (Phi) is 5.13. The lowest BCUT2D eigenvalue weighted by atomic mass is 9.92. The first kappa shape index (κ1) is 15.7. The van der Waals surface area contributed by atoms with E-state index in [1.807, 2.05) is 6.92 Å². The summed E-state index contributed by atoms with van der Waals surface area (Å²) in [6.07, 6.45) is 1.05. The molecule has 0 fully saturated rings. The lowest BCUT2D eigenvalue weighted by Crippen LogP contribution is -2.24. The predicted molar refractivity (Wildman–Crippen MR) is 87.2 cm³/mol. The Morgan fingerprint density at radius 2 is 1.86 bits per heavy atom. The van der Waals surface area contributed by atoms with E-state index in [1.165, 1.54) is 16.7 Å². The van der Waals surface area contributed by atoms with Gasteiger partial charge in [-0.05, 0) is 73.7 Å². The number of hydrogen-bond acceptors (Lipinski definition) is 1. The maximum atomic E-state index is 13.8. The van der Waals surface area contributed by atoms with E-state index in [1.54, 1.807) is 12.1 Å². The van der Waals surface area contributed by atoms with Gasteiger partial charge in [0, 0.05) is 0 Å². The van der Waals surface area contributed by atoms with E-state index in [-0.39, 0.29) is 11.9 Å². The molecule has 2 aromatic carbocycles. The van der Waals surface area contributed by atoms with E-state index in [9.17, 15) is 4.39 Å². The van der Waals surface area contributed by atoms with Crippen molar-refractivity contribution in [2.24, 2.45) is 0 Å². The molecular formula is C19H24FN. The molecule has 1 unspecified atom stereocenters. The van der Waals surface area contributed by atoms with Crippen molar-refractivity contribution in [3.05, 3.63) is 70.0 Å². The highest BCUT2D eigenvalue weighted by atomic mass is 19.1. The van der Waals surface area contributed by atoms with Gasteiger partial charge in [-0.2, -0.15) is 0 Å². The van der Waals surface area contributed by atoms with E-state index in [0.717, 1.165) is 24.1 Å². The molecule has 1 nitrogen and oxygen atoms in total. The van der Waals surface area contributed by atoms with Crippen LogP contribution in [0.5, 0.6) is 0 Å². The quantitative estimate of drug-likeness (QED) is 0.829. The van der Waals surface area contributed by atoms with E-state index in [4.69, 9.17) is 0 Å². The van der Waals surface area contributed by atoms with Crippen molar-refractivity contribution in [2.45, 2.75) is 40.2 Å². The number of nitrogens with one attached hydrogen (secondary N) is 1. The van der Waals surface area contributed by atoms with Crippen LogP contribution < -0.4 is 5.32 Å². The molecule has 2 aromatic rings. The van der Waals surface area contributed by atoms with Crippen LogP contribution in [0.25, 0.3) is 0 Å². The van der Waals surface area contributed by atoms with Crippen LogP contribution >= 0.6 is 0 Å². The molecule has 0 heterocycles. The number of rotatable bonds is 5. The lowest BCUT2D eigenvalue weighted by molar-refractivity contribution is 0.582. The third-order valence-electron chi connectivity index (χ3n) is 3.95. The second-order valence-corrected chi connectivity index (χ2v) is 5.74. The van der Waals surface area contributed by atoms with Gasteiger partial charge >= 0.3 is 0 Å². The van der Waals surface area contributed by atoms with Gasteiger partial charge in [-0.3, -0.25) is 0 Å². The largest absolute Gasteiger partial charge is 0.306 e. The predicted octanol–water partition coefficient (Wildman–Crippen LogP) is 4.84. The molecule has 112 valence electrons. The van der Waals surface area contributed by atoms with E-state index in [0.29, 0.717) is 0 Å². The Hall–Kier alpha value is -1.67. The molecule has 2 heteroatoms. The SMILES string of the molecule is CCCNC(c1cc(C)cc(F)c1)c1cccc(C)c1C. The van der Waals surface area contributed by atoms with Crippen LogP contribution in [-0.2, 0) is 0 Å². The molecule has 0 bridgehead atoms. The second-order valence-electron chi connectivity index (χ2n) is 5.74. The zero-order valence-electron chi connectivity index (χ0n) is 13.3. The van der Waals surface area contributed by atoms with Gasteiger partial charge in [-0.15, -0.1) is 0 Å². The van der Waals surface area contributed by atoms with Gasteiger partial charge in [0.05, 0.1) is 6.04 Å². The first-order valence-corrected chi connectivity index (χ1v) is 7.59. The maximum Gasteiger partial charge on any atom is 0.123 e. The van der Waals surface area contributed by atoms with Crippen LogP contribution in [0.1, 0.15) is 47.2 Å². The van der Waals surface area contributed by atoms with Gasteiger partial charge in [-0.1, -0.05) is 31.2 Å². The molecule has 0 aromatic heterocycles. The van der Waals surface area contributed by atoms with Gasteiger partial charge in [0.25, 0.3) is 0 Å². The molecule has 0 amide bonds. The number of halogens is 1. The molecule has 0 aliphatic heterocycles. The Bertz CT molecular complexity index is 599. The first-order valence-electron chi connectivity index (χ1n) is 7.59. The summed E-state index contributed by atoms with van der Waals surface area (Å²) in [6, 6.07) is 11.6. The zero-order valence-corrected chi connectivity index (χ0v) is 13.3. The Morgan fingerprint density at radius 1 is 1.10 bits per heavy atom. The second kappa shape index (κ2) is 6.86. The van der Waals surface area contributed by atoms with Crippen molar-refractivity contribution in [1.82, 2.24) is 5.32 Å². The number of aryl methyl sites for hydroxylation is 2. The minimum atomic E-state index is -0.168. The van der Waals surface area contributed by atoms with E-state index < -0.39 is 0 Å². The first-order chi connectivity index (χ1) is 10.0. The summed E-state index contributed by atoms with van der Waals surface area (Å²) in [6.45, 7) is 9.24. The summed E-state index contributed by atoms with van der Waals surface area (Å²) >= 11 is 0. The number of benzene rings is 2. The normalized spacial score (nSPS) is 12.4. The van der Waals surface area contributed by atoms with Crippen LogP contribution in [0.2, 0.25) is 0 Å². The number of hydrogen-bond donors (Lipinski definition) is 1. The molecule has 21 heavy (non-hydrogen) atoms. The smallest absolute Gasteiger partial charge is 0.123 e. The van der Waals surface area contributed by atoms with Crippen molar-refractivity contribution in [1.29, 1.82) is 0 Å². The fraction of sp³-hybridized carbons (Fsp3) is 0.368. The molecule has 1 atom stereocenters. The van der Waals surface area contributed by atoms with Gasteiger partial charge < -0.3 is 5.32 Å². The minimum Gasteiger partial charge on any atom is -0.306 e. The third-order valence-corrected chi connectivity index (χ3v) is 3.95. The zero-order chi connectivity index (χ0) is 15.4. The molecule has 0 spiro atoms. The van der Waals surface area contributed by atoms with Gasteiger partial charge in [-0.25, -0.2) is 4.39 Å². The highest BCUT2D eigenvalue weighted by molar-refractivity contribution is 5.41. The van der Waals surface area contributed by atoms with Crippen LogP contribution in [0.3, 0.4) is 0 Å². The molecule has 1 N–H and O–H groups in total. The van der Waals surface area contributed by atoms with Crippen molar-refractivity contribution in [3.63, 3.8) is 0 Å². The highest BCUT2D eigenvalue weighted by Crippen LogP contribution is 2.27. The van der Waals surface area contributed by atoms with Crippen molar-refractivity contribution < 1.29 is 4.39 Å². The van der Waals surface area contributed by atoms with Gasteiger partial charge in [0.2, 0.25) is 0 Å². The summed E-state index contributed by atoms with van der Waals surface area (Å²) in [7, 11) is 0. The van der Waals surface area contributed by atoms with Crippen molar-refractivity contribution >= 4 is 0 Å². The average molecular weight is 285 g/mol. The molecule has 0 aliphatic rings. The van der Waals surface area contributed by atoms with E-state index in [2.05, 4.69) is 50.4 Å². The van der Waals surface area contributed by atoms with Crippen LogP contribution in [0.4, 0.5) is 4.39 Å². The average Bonchev–Trinajstić information content (AvgIpc) is 2.42. The maximum absolute atomic E-state index is 13.8. The van der Waals surface area contributed by atoms with Crippen molar-refractivity contribution in [3.8, 4) is 0 Å². The summed E-state index contributed by atoms with van der Waals surface area (Å²) in [5.74, 6) is -0.168. The van der Waals surface area contributed by atoms with E-state index >= 15 is 0 Å². The standard InChI is InChI=1S/C19H24FN/c1-5-9-21-19(16-10-13(2)11-17(20)12-16)18-8-6-7-14(3)15(18)4/h6-8,10-12,19,21H,5,9H2,1-4H3. The van der Waals surface area contributed by atoms with Crippen LogP contribution in [-0.4, -0.2) is 6.54 Å². The molecular weight excluding hydrogens is 261 g/mol. The fourth-order valence-electron chi connectivity index (χ4n) is 2.71. The van der Waals surface area contributed by atoms with Crippen LogP contribution in [0.15, 0.2) is 36.4 Å². The Morgan fingerprint density at radius 3 is 2.52 bits per heavy atom. The summed E-state index contributed by atoms with van der Waals surface area (Å²) < 4.78 is 13.8. The molecule has 0 radical (unpaired) electrons. The topological polar surface area (TPSA) is 12.0 Å². The third kappa shape index (κ3) is 3.70. The molecule has 0 saturated carbocycles. The molecule has 0 saturated heterocycles. The molecule has 0 aliphatic carbocycles. The van der Waals surface area contributed by atoms with Crippen LogP contribution in [0, 0.1) is 26.6 Å². The fourth-order valence-corrected chi connectivity index (χ4v) is 2.71. The summed E-state index contributed by atoms with van der Waals surface area (Å²) in [5.41, 5.74) is 5.72. The van der Waals surface area contributed by atoms with Gasteiger partial charge in [0.1, 0.15) is 5.82 Å². The van der Waals surface area contributed by atoms with Gasteiger partial charge in [0.15, 0.2) is 0 Å². The molecule has 2 rings (SSSR count). The highest BCUT2D eigenvalue weighted by Gasteiger charge is 2.17. The monoisotopic (exact) mass is 285 g/mol.